The largest absolute Gasteiger partial charge is 0.375 e. The Balaban J connectivity index is 1.65. The molecule has 1 aromatic rings. The first kappa shape index (κ1) is 16.7. The molecule has 0 saturated carbocycles. The SMILES string of the molecule is CCNC(=NCc1scnc1C)N1CCOC(C2CCCO2)C1. The van der Waals surface area contributed by atoms with Crippen molar-refractivity contribution in [2.24, 2.45) is 4.99 Å². The smallest absolute Gasteiger partial charge is 0.194 e. The van der Waals surface area contributed by atoms with Crippen LogP contribution in [-0.4, -0.2) is 60.9 Å². The van der Waals surface area contributed by atoms with Gasteiger partial charge in [0.15, 0.2) is 5.96 Å². The van der Waals surface area contributed by atoms with E-state index >= 15 is 0 Å². The van der Waals surface area contributed by atoms with Crippen LogP contribution < -0.4 is 5.32 Å². The van der Waals surface area contributed by atoms with Gasteiger partial charge in [-0.15, -0.1) is 11.3 Å². The van der Waals surface area contributed by atoms with Crippen LogP contribution in [0.25, 0.3) is 0 Å². The summed E-state index contributed by atoms with van der Waals surface area (Å²) in [5.41, 5.74) is 2.96. The van der Waals surface area contributed by atoms with Crippen LogP contribution in [0.15, 0.2) is 10.5 Å². The fraction of sp³-hybridized carbons (Fsp3) is 0.750. The van der Waals surface area contributed by atoms with Crippen molar-refractivity contribution in [1.82, 2.24) is 15.2 Å². The number of rotatable bonds is 4. The van der Waals surface area contributed by atoms with Crippen LogP contribution >= 0.6 is 11.3 Å². The van der Waals surface area contributed by atoms with Gasteiger partial charge in [-0.1, -0.05) is 0 Å². The molecule has 3 heterocycles. The van der Waals surface area contributed by atoms with E-state index in [0.29, 0.717) is 6.54 Å². The standard InChI is InChI=1S/C16H26N4O2S/c1-3-17-16(18-9-15-12(2)19-11-23-15)20-6-8-22-14(10-20)13-5-4-7-21-13/h11,13-14H,3-10H2,1-2H3,(H,17,18). The van der Waals surface area contributed by atoms with Gasteiger partial charge in [0.25, 0.3) is 0 Å². The second-order valence-electron chi connectivity index (χ2n) is 5.94. The molecule has 2 aliphatic heterocycles. The zero-order valence-corrected chi connectivity index (χ0v) is 14.8. The van der Waals surface area contributed by atoms with Crippen molar-refractivity contribution in [2.45, 2.75) is 45.4 Å². The van der Waals surface area contributed by atoms with Gasteiger partial charge in [-0.3, -0.25) is 0 Å². The molecular weight excluding hydrogens is 312 g/mol. The highest BCUT2D eigenvalue weighted by Crippen LogP contribution is 2.21. The molecule has 128 valence electrons. The van der Waals surface area contributed by atoms with E-state index in [0.717, 1.165) is 57.3 Å². The molecule has 0 radical (unpaired) electrons. The minimum Gasteiger partial charge on any atom is -0.375 e. The van der Waals surface area contributed by atoms with E-state index < -0.39 is 0 Å². The quantitative estimate of drug-likeness (QED) is 0.670. The van der Waals surface area contributed by atoms with Crippen LogP contribution in [0.4, 0.5) is 0 Å². The molecule has 0 amide bonds. The molecule has 1 aromatic heterocycles. The van der Waals surface area contributed by atoms with Crippen LogP contribution in [0.1, 0.15) is 30.3 Å². The van der Waals surface area contributed by atoms with Gasteiger partial charge in [0.05, 0.1) is 30.5 Å². The molecule has 2 unspecified atom stereocenters. The van der Waals surface area contributed by atoms with E-state index in [1.165, 1.54) is 4.88 Å². The Bertz CT molecular complexity index is 528. The van der Waals surface area contributed by atoms with Crippen LogP contribution in [0.3, 0.4) is 0 Å². The lowest BCUT2D eigenvalue weighted by Crippen LogP contribution is -2.53. The van der Waals surface area contributed by atoms with Crippen molar-refractivity contribution in [3.8, 4) is 0 Å². The van der Waals surface area contributed by atoms with Gasteiger partial charge in [-0.2, -0.15) is 0 Å². The summed E-state index contributed by atoms with van der Waals surface area (Å²) in [6, 6.07) is 0. The number of aromatic nitrogens is 1. The average molecular weight is 338 g/mol. The molecule has 23 heavy (non-hydrogen) atoms. The third-order valence-electron chi connectivity index (χ3n) is 4.32. The van der Waals surface area contributed by atoms with Crippen LogP contribution in [0, 0.1) is 6.92 Å². The Labute approximate surface area is 141 Å². The van der Waals surface area contributed by atoms with Crippen molar-refractivity contribution < 1.29 is 9.47 Å². The first-order chi connectivity index (χ1) is 11.3. The highest BCUT2D eigenvalue weighted by molar-refractivity contribution is 7.09. The van der Waals surface area contributed by atoms with Gasteiger partial charge in [-0.05, 0) is 26.7 Å². The number of nitrogens with one attached hydrogen (secondary N) is 1. The molecule has 0 aromatic carbocycles. The Morgan fingerprint density at radius 1 is 1.43 bits per heavy atom. The summed E-state index contributed by atoms with van der Waals surface area (Å²) in [5, 5.41) is 3.41. The number of guanidine groups is 1. The van der Waals surface area contributed by atoms with Crippen LogP contribution in [0.2, 0.25) is 0 Å². The van der Waals surface area contributed by atoms with Gasteiger partial charge in [-0.25, -0.2) is 9.98 Å². The maximum Gasteiger partial charge on any atom is 0.194 e. The van der Waals surface area contributed by atoms with Crippen molar-refractivity contribution in [3.05, 3.63) is 16.1 Å². The van der Waals surface area contributed by atoms with E-state index in [9.17, 15) is 0 Å². The molecule has 0 aliphatic carbocycles. The van der Waals surface area contributed by atoms with Gasteiger partial charge < -0.3 is 19.7 Å². The minimum absolute atomic E-state index is 0.153. The minimum atomic E-state index is 0.153. The Morgan fingerprint density at radius 3 is 3.00 bits per heavy atom. The molecule has 2 fully saturated rings. The molecule has 3 rings (SSSR count). The van der Waals surface area contributed by atoms with E-state index in [2.05, 4.69) is 22.1 Å². The number of hydrogen-bond acceptors (Lipinski definition) is 5. The molecule has 6 nitrogen and oxygen atoms in total. The maximum atomic E-state index is 5.93. The summed E-state index contributed by atoms with van der Waals surface area (Å²) < 4.78 is 11.7. The molecule has 2 saturated heterocycles. The van der Waals surface area contributed by atoms with Gasteiger partial charge in [0.2, 0.25) is 0 Å². The van der Waals surface area contributed by atoms with Crippen molar-refractivity contribution in [2.75, 3.05) is 32.8 Å². The third kappa shape index (κ3) is 4.22. The predicted molar refractivity (Wildman–Crippen MR) is 92.0 cm³/mol. The van der Waals surface area contributed by atoms with E-state index in [4.69, 9.17) is 14.5 Å². The first-order valence-electron chi connectivity index (χ1n) is 8.43. The van der Waals surface area contributed by atoms with E-state index in [-0.39, 0.29) is 12.2 Å². The van der Waals surface area contributed by atoms with Gasteiger partial charge >= 0.3 is 0 Å². The zero-order valence-electron chi connectivity index (χ0n) is 14.0. The summed E-state index contributed by atoms with van der Waals surface area (Å²) in [4.78, 5) is 12.6. The molecule has 2 atom stereocenters. The fourth-order valence-electron chi connectivity index (χ4n) is 3.04. The summed E-state index contributed by atoms with van der Waals surface area (Å²) in [5.74, 6) is 0.964. The topological polar surface area (TPSA) is 59.0 Å². The maximum absolute atomic E-state index is 5.93. The molecule has 7 heteroatoms. The lowest BCUT2D eigenvalue weighted by atomic mass is 10.1. The highest BCUT2D eigenvalue weighted by atomic mass is 32.1. The molecule has 0 bridgehead atoms. The van der Waals surface area contributed by atoms with Crippen LogP contribution in [0.5, 0.6) is 0 Å². The normalized spacial score (nSPS) is 25.8. The second-order valence-corrected chi connectivity index (χ2v) is 6.88. The summed E-state index contributed by atoms with van der Waals surface area (Å²) in [7, 11) is 0. The number of aliphatic imine (C=N–C) groups is 1. The Kier molecular flexibility index (Phi) is 5.85. The Morgan fingerprint density at radius 2 is 2.30 bits per heavy atom. The van der Waals surface area contributed by atoms with E-state index in [1.807, 2.05) is 12.4 Å². The summed E-state index contributed by atoms with van der Waals surface area (Å²) in [6.45, 7) is 9.00. The van der Waals surface area contributed by atoms with E-state index in [1.54, 1.807) is 11.3 Å². The summed E-state index contributed by atoms with van der Waals surface area (Å²) >= 11 is 1.67. The molecule has 1 N–H and O–H groups in total. The highest BCUT2D eigenvalue weighted by Gasteiger charge is 2.32. The fourth-order valence-corrected chi connectivity index (χ4v) is 3.74. The van der Waals surface area contributed by atoms with Crippen LogP contribution in [-0.2, 0) is 16.0 Å². The lowest BCUT2D eigenvalue weighted by Gasteiger charge is -2.37. The van der Waals surface area contributed by atoms with Gasteiger partial charge in [0, 0.05) is 31.1 Å². The number of morpholine rings is 1. The summed E-state index contributed by atoms with van der Waals surface area (Å²) in [6.07, 6.45) is 2.64. The van der Waals surface area contributed by atoms with Crippen molar-refractivity contribution >= 4 is 17.3 Å². The molecule has 2 aliphatic rings. The average Bonchev–Trinajstić information content (AvgIpc) is 3.23. The first-order valence-corrected chi connectivity index (χ1v) is 9.31. The number of ether oxygens (including phenoxy) is 2. The number of aryl methyl sites for hydroxylation is 1. The zero-order chi connectivity index (χ0) is 16.1. The van der Waals surface area contributed by atoms with Crippen molar-refractivity contribution in [3.63, 3.8) is 0 Å². The predicted octanol–water partition coefficient (Wildman–Crippen LogP) is 1.80. The number of thiazole rings is 1. The molecular formula is C16H26N4O2S. The van der Waals surface area contributed by atoms with Gasteiger partial charge in [0.1, 0.15) is 6.10 Å². The molecule has 0 spiro atoms. The number of nitrogens with zero attached hydrogens (tertiary/aromatic N) is 3. The monoisotopic (exact) mass is 338 g/mol. The lowest BCUT2D eigenvalue weighted by molar-refractivity contribution is -0.0817. The Hall–Kier alpha value is -1.18. The number of hydrogen-bond donors (Lipinski definition) is 1. The third-order valence-corrected chi connectivity index (χ3v) is 5.24. The van der Waals surface area contributed by atoms with Crippen molar-refractivity contribution in [1.29, 1.82) is 0 Å². The second kappa shape index (κ2) is 8.08.